The van der Waals surface area contributed by atoms with Crippen LogP contribution in [0.25, 0.3) is 16.6 Å². The number of carbonyl (C=O) groups excluding carboxylic acids is 3. The summed E-state index contributed by atoms with van der Waals surface area (Å²) in [5, 5.41) is 19.3. The van der Waals surface area contributed by atoms with Crippen molar-refractivity contribution in [2.45, 2.75) is 59.3 Å². The lowest BCUT2D eigenvalue weighted by atomic mass is 10.1. The van der Waals surface area contributed by atoms with Crippen molar-refractivity contribution in [2.24, 2.45) is 0 Å². The molecule has 18 heteroatoms. The number of nitrogens with one attached hydrogen (secondary N) is 2. The number of imidazole rings is 1. The van der Waals surface area contributed by atoms with Gasteiger partial charge in [0.15, 0.2) is 11.5 Å². The number of nitrogens with zero attached hydrogens (tertiary/aromatic N) is 6. The zero-order chi connectivity index (χ0) is 42.8. The molecule has 3 aromatic heterocycles. The van der Waals surface area contributed by atoms with Crippen molar-refractivity contribution >= 4 is 52.0 Å². The fraction of sp³-hybridized carbons (Fsp3) is 0.310. The highest BCUT2D eigenvalue weighted by Gasteiger charge is 2.31. The summed E-state index contributed by atoms with van der Waals surface area (Å²) >= 11 is 0. The maximum atomic E-state index is 15.3. The molecule has 7 rings (SSSR count). The third-order valence-corrected chi connectivity index (χ3v) is 10.5. The van der Waals surface area contributed by atoms with E-state index >= 15 is 4.39 Å². The van der Waals surface area contributed by atoms with E-state index in [1.54, 1.807) is 59.7 Å². The Balaban J connectivity index is 0.944. The minimum atomic E-state index is -1.38. The Hall–Kier alpha value is -7.24. The number of anilines is 2. The fourth-order valence-corrected chi connectivity index (χ4v) is 7.26. The van der Waals surface area contributed by atoms with E-state index in [1.165, 1.54) is 21.6 Å². The number of hydrogen-bond acceptors (Lipinski definition) is 10. The van der Waals surface area contributed by atoms with Crippen molar-refractivity contribution in [3.63, 3.8) is 0 Å². The molecule has 1 atom stereocenters. The minimum absolute atomic E-state index is 0.0219. The molecule has 4 heterocycles. The summed E-state index contributed by atoms with van der Waals surface area (Å²) < 4.78 is 30.1. The summed E-state index contributed by atoms with van der Waals surface area (Å²) in [6.07, 6.45) is -0.142. The van der Waals surface area contributed by atoms with Crippen molar-refractivity contribution in [1.29, 1.82) is 0 Å². The molecule has 0 spiro atoms. The quantitative estimate of drug-likeness (QED) is 0.149. The molecule has 60 heavy (non-hydrogen) atoms. The first-order valence-corrected chi connectivity index (χ1v) is 19.4. The summed E-state index contributed by atoms with van der Waals surface area (Å²) in [7, 11) is 0. The van der Waals surface area contributed by atoms with Gasteiger partial charge in [0.05, 0.1) is 22.8 Å². The van der Waals surface area contributed by atoms with Gasteiger partial charge in [-0.05, 0) is 55.2 Å². The standard InChI is InChI=1S/C42H43FN8O9/c1-5-47-21-30(39(54)55)35(52)29-19-31(43)33(20-32(29)47)48-15-17-49(18-16-48)41(57)59-23-27-11-13-28(14-12-27)44-38(53)25(4)36-45-46-37-34(24(2)3)50(40(56)51(36)37)42(58)60-22-26-9-7-6-8-10-26/h6-14,19-21,24-25,46H,5,15-18,22-23H2,1-4H3,(H,44,53)(H,54,55). The first-order chi connectivity index (χ1) is 28.8. The minimum Gasteiger partial charge on any atom is -0.477 e. The van der Waals surface area contributed by atoms with Gasteiger partial charge >= 0.3 is 23.8 Å². The Morgan fingerprint density at radius 3 is 2.18 bits per heavy atom. The molecule has 0 aliphatic carbocycles. The molecule has 3 aromatic carbocycles. The van der Waals surface area contributed by atoms with Gasteiger partial charge in [0.2, 0.25) is 11.3 Å². The fourth-order valence-electron chi connectivity index (χ4n) is 7.26. The molecule has 2 amide bonds. The largest absolute Gasteiger partial charge is 0.477 e. The SMILES string of the molecule is CCn1cc(C(=O)O)c(=O)c2cc(F)c(N3CCN(C(=O)OCc4ccc(NC(=O)C(C)c5n[nH]c6c(C(C)C)n(C(=O)OCc7ccccc7)c(=O)n56)cc4)CC3)cc21. The van der Waals surface area contributed by atoms with Crippen LogP contribution < -0.4 is 21.3 Å². The Labute approximate surface area is 341 Å². The first kappa shape index (κ1) is 40.9. The average Bonchev–Trinajstić information content (AvgIpc) is 3.81. The molecule has 1 aliphatic heterocycles. The van der Waals surface area contributed by atoms with E-state index in [0.29, 0.717) is 42.1 Å². The molecular weight excluding hydrogens is 780 g/mol. The number of aryl methyl sites for hydroxylation is 1. The predicted molar refractivity (Wildman–Crippen MR) is 218 cm³/mol. The lowest BCUT2D eigenvalue weighted by Gasteiger charge is -2.35. The molecule has 312 valence electrons. The molecule has 0 bridgehead atoms. The molecule has 1 aliphatic rings. The van der Waals surface area contributed by atoms with Crippen LogP contribution in [-0.2, 0) is 34.0 Å². The zero-order valence-electron chi connectivity index (χ0n) is 33.3. The smallest absolute Gasteiger partial charge is 0.422 e. The summed E-state index contributed by atoms with van der Waals surface area (Å²) in [6.45, 7) is 8.39. The van der Waals surface area contributed by atoms with E-state index in [2.05, 4.69) is 15.5 Å². The van der Waals surface area contributed by atoms with Gasteiger partial charge in [0.25, 0.3) is 0 Å². The Kier molecular flexibility index (Phi) is 11.5. The zero-order valence-corrected chi connectivity index (χ0v) is 33.3. The highest BCUT2D eigenvalue weighted by molar-refractivity contribution is 5.95. The Morgan fingerprint density at radius 1 is 0.900 bits per heavy atom. The van der Waals surface area contributed by atoms with E-state index in [0.717, 1.165) is 16.2 Å². The summed E-state index contributed by atoms with van der Waals surface area (Å²) in [5.74, 6) is -3.60. The van der Waals surface area contributed by atoms with Crippen LogP contribution in [0.4, 0.5) is 25.4 Å². The number of hydrogen-bond donors (Lipinski definition) is 3. The molecule has 1 saturated heterocycles. The van der Waals surface area contributed by atoms with Crippen LogP contribution >= 0.6 is 0 Å². The number of halogens is 1. The molecule has 0 radical (unpaired) electrons. The van der Waals surface area contributed by atoms with E-state index in [-0.39, 0.29) is 54.8 Å². The van der Waals surface area contributed by atoms with Gasteiger partial charge in [-0.2, -0.15) is 9.67 Å². The number of carbonyl (C=O) groups is 4. The first-order valence-electron chi connectivity index (χ1n) is 19.4. The number of pyridine rings is 1. The number of ether oxygens (including phenoxy) is 2. The summed E-state index contributed by atoms with van der Waals surface area (Å²) in [6, 6.07) is 18.4. The van der Waals surface area contributed by atoms with Crippen molar-refractivity contribution in [2.75, 3.05) is 36.4 Å². The normalized spacial score (nSPS) is 13.5. The van der Waals surface area contributed by atoms with Crippen LogP contribution in [0.5, 0.6) is 0 Å². The van der Waals surface area contributed by atoms with Gasteiger partial charge in [-0.15, -0.1) is 0 Å². The van der Waals surface area contributed by atoms with Crippen molar-refractivity contribution in [1.82, 2.24) is 28.6 Å². The molecule has 1 unspecified atom stereocenters. The van der Waals surface area contributed by atoms with Gasteiger partial charge in [-0.1, -0.05) is 56.3 Å². The van der Waals surface area contributed by atoms with E-state index in [4.69, 9.17) is 9.47 Å². The van der Waals surface area contributed by atoms with E-state index in [9.17, 15) is 33.9 Å². The van der Waals surface area contributed by atoms with Crippen LogP contribution in [0.3, 0.4) is 0 Å². The van der Waals surface area contributed by atoms with Gasteiger partial charge in [0, 0.05) is 50.0 Å². The number of fused-ring (bicyclic) bond motifs is 2. The number of benzene rings is 3. The number of aromatic carboxylic acids is 1. The molecule has 3 N–H and O–H groups in total. The number of carboxylic acids is 1. The number of aromatic amines is 1. The van der Waals surface area contributed by atoms with Crippen LogP contribution in [0.2, 0.25) is 0 Å². The second kappa shape index (κ2) is 16.9. The van der Waals surface area contributed by atoms with Gasteiger partial charge in [-0.25, -0.2) is 28.0 Å². The Morgan fingerprint density at radius 2 is 1.55 bits per heavy atom. The third-order valence-electron chi connectivity index (χ3n) is 10.5. The predicted octanol–water partition coefficient (Wildman–Crippen LogP) is 5.51. The molecular formula is C42H43FN8O9. The molecule has 6 aromatic rings. The number of aromatic nitrogens is 5. The number of rotatable bonds is 11. The van der Waals surface area contributed by atoms with Crippen LogP contribution in [0.1, 0.15) is 72.5 Å². The Bertz CT molecular complexity index is 2730. The van der Waals surface area contributed by atoms with Gasteiger partial charge in [-0.3, -0.25) is 14.7 Å². The highest BCUT2D eigenvalue weighted by atomic mass is 19.1. The highest BCUT2D eigenvalue weighted by Crippen LogP contribution is 2.27. The lowest BCUT2D eigenvalue weighted by Crippen LogP contribution is -2.49. The second-order valence-corrected chi connectivity index (χ2v) is 14.7. The lowest BCUT2D eigenvalue weighted by molar-refractivity contribution is -0.117. The maximum absolute atomic E-state index is 15.3. The van der Waals surface area contributed by atoms with Crippen LogP contribution in [0, 0.1) is 5.82 Å². The van der Waals surface area contributed by atoms with Crippen LogP contribution in [-0.4, -0.2) is 84.0 Å². The van der Waals surface area contributed by atoms with E-state index < -0.39 is 52.5 Å². The van der Waals surface area contributed by atoms with Gasteiger partial charge in [0.1, 0.15) is 24.6 Å². The molecule has 1 fully saturated rings. The number of piperazine rings is 1. The summed E-state index contributed by atoms with van der Waals surface area (Å²) in [5.41, 5.74) is 1.26. The second-order valence-electron chi connectivity index (χ2n) is 14.7. The number of amides is 2. The monoisotopic (exact) mass is 822 g/mol. The summed E-state index contributed by atoms with van der Waals surface area (Å²) in [4.78, 5) is 80.8. The van der Waals surface area contributed by atoms with Crippen LogP contribution in [0.15, 0.2) is 82.5 Å². The maximum Gasteiger partial charge on any atom is 0.422 e. The third kappa shape index (κ3) is 7.95. The number of H-pyrrole nitrogens is 1. The van der Waals surface area contributed by atoms with Crippen molar-refractivity contribution < 1.29 is 38.1 Å². The van der Waals surface area contributed by atoms with Crippen molar-refractivity contribution in [3.8, 4) is 0 Å². The average molecular weight is 823 g/mol. The molecule has 0 saturated carbocycles. The number of carboxylic acid groups (broad SMARTS) is 1. The molecule has 17 nitrogen and oxygen atoms in total. The van der Waals surface area contributed by atoms with Gasteiger partial charge < -0.3 is 34.3 Å². The van der Waals surface area contributed by atoms with E-state index in [1.807, 2.05) is 32.0 Å². The van der Waals surface area contributed by atoms with Crippen molar-refractivity contribution in [3.05, 3.63) is 128 Å². The topological polar surface area (TPSA) is 203 Å².